The molecule has 1 saturated carbocycles. The van der Waals surface area contributed by atoms with E-state index in [-0.39, 0.29) is 23.6 Å². The normalized spacial score (nSPS) is 15.3. The van der Waals surface area contributed by atoms with Crippen LogP contribution in [0, 0.1) is 0 Å². The summed E-state index contributed by atoms with van der Waals surface area (Å²) in [7, 11) is 0. The summed E-state index contributed by atoms with van der Waals surface area (Å²) >= 11 is 0. The molecule has 1 N–H and O–H groups in total. The van der Waals surface area contributed by atoms with Gasteiger partial charge in [0.05, 0.1) is 17.9 Å². The van der Waals surface area contributed by atoms with Gasteiger partial charge in [-0.3, -0.25) is 4.79 Å². The number of rotatable bonds is 5. The zero-order valence-corrected chi connectivity index (χ0v) is 12.2. The summed E-state index contributed by atoms with van der Waals surface area (Å²) in [6.07, 6.45) is 3.58. The van der Waals surface area contributed by atoms with Crippen LogP contribution < -0.4 is 0 Å². The Morgan fingerprint density at radius 2 is 1.82 bits per heavy atom. The fourth-order valence-electron chi connectivity index (χ4n) is 2.58. The molecule has 1 amide bonds. The first-order valence-corrected chi connectivity index (χ1v) is 7.27. The largest absolute Gasteiger partial charge is 0.478 e. The van der Waals surface area contributed by atoms with E-state index in [0.29, 0.717) is 5.56 Å². The Bertz CT molecular complexity index is 671. The van der Waals surface area contributed by atoms with Crippen LogP contribution in [-0.2, 0) is 0 Å². The molecule has 1 heterocycles. The molecule has 1 atom stereocenters. The van der Waals surface area contributed by atoms with Crippen LogP contribution in [0.5, 0.6) is 0 Å². The van der Waals surface area contributed by atoms with Crippen molar-refractivity contribution in [3.05, 3.63) is 59.5 Å². The molecule has 0 aliphatic heterocycles. The van der Waals surface area contributed by atoms with Gasteiger partial charge in [-0.15, -0.1) is 0 Å². The van der Waals surface area contributed by atoms with Crippen molar-refractivity contribution in [3.8, 4) is 0 Å². The van der Waals surface area contributed by atoms with Gasteiger partial charge in [-0.1, -0.05) is 0 Å². The van der Waals surface area contributed by atoms with Gasteiger partial charge in [0.1, 0.15) is 5.76 Å². The smallest absolute Gasteiger partial charge is 0.335 e. The first-order valence-electron chi connectivity index (χ1n) is 7.27. The van der Waals surface area contributed by atoms with E-state index in [1.54, 1.807) is 18.4 Å². The molecular formula is C17H17NO4. The lowest BCUT2D eigenvalue weighted by Crippen LogP contribution is -2.35. The number of carboxylic acid groups (broad SMARTS) is 1. The minimum atomic E-state index is -0.998. The van der Waals surface area contributed by atoms with Crippen molar-refractivity contribution in [2.45, 2.75) is 31.8 Å². The van der Waals surface area contributed by atoms with Crippen LogP contribution in [0.1, 0.15) is 52.3 Å². The van der Waals surface area contributed by atoms with Crippen LogP contribution in [0.2, 0.25) is 0 Å². The Hall–Kier alpha value is -2.56. The number of carbonyl (C=O) groups excluding carboxylic acids is 1. The fraction of sp³-hybridized carbons (Fsp3) is 0.294. The van der Waals surface area contributed by atoms with Crippen molar-refractivity contribution in [1.82, 2.24) is 4.90 Å². The summed E-state index contributed by atoms with van der Waals surface area (Å²) in [6.45, 7) is 1.95. The molecule has 0 radical (unpaired) electrons. The van der Waals surface area contributed by atoms with Gasteiger partial charge >= 0.3 is 5.97 Å². The van der Waals surface area contributed by atoms with Crippen LogP contribution in [0.25, 0.3) is 0 Å². The molecule has 1 aliphatic carbocycles. The Balaban J connectivity index is 1.85. The summed E-state index contributed by atoms with van der Waals surface area (Å²) in [6, 6.07) is 9.80. The van der Waals surface area contributed by atoms with Gasteiger partial charge in [-0.2, -0.15) is 0 Å². The highest BCUT2D eigenvalue weighted by atomic mass is 16.4. The van der Waals surface area contributed by atoms with E-state index >= 15 is 0 Å². The summed E-state index contributed by atoms with van der Waals surface area (Å²) < 4.78 is 5.42. The van der Waals surface area contributed by atoms with Gasteiger partial charge in [-0.25, -0.2) is 4.79 Å². The van der Waals surface area contributed by atoms with E-state index in [9.17, 15) is 9.59 Å². The summed E-state index contributed by atoms with van der Waals surface area (Å²) in [5, 5.41) is 8.93. The Morgan fingerprint density at radius 1 is 1.18 bits per heavy atom. The third kappa shape index (κ3) is 2.74. The number of hydrogen-bond donors (Lipinski definition) is 1. The molecule has 3 rings (SSSR count). The van der Waals surface area contributed by atoms with Gasteiger partial charge in [0.15, 0.2) is 0 Å². The molecule has 0 bridgehead atoms. The molecule has 0 saturated heterocycles. The monoisotopic (exact) mass is 299 g/mol. The third-order valence-electron chi connectivity index (χ3n) is 3.93. The fourth-order valence-corrected chi connectivity index (χ4v) is 2.58. The zero-order chi connectivity index (χ0) is 15.7. The lowest BCUT2D eigenvalue weighted by molar-refractivity contribution is 0.0649. The highest BCUT2D eigenvalue weighted by Gasteiger charge is 2.37. The number of aromatic carboxylic acids is 1. The summed E-state index contributed by atoms with van der Waals surface area (Å²) in [4.78, 5) is 25.5. The predicted molar refractivity (Wildman–Crippen MR) is 79.7 cm³/mol. The third-order valence-corrected chi connectivity index (χ3v) is 3.93. The maximum atomic E-state index is 12.8. The van der Waals surface area contributed by atoms with Crippen molar-refractivity contribution in [1.29, 1.82) is 0 Å². The van der Waals surface area contributed by atoms with Crippen LogP contribution in [0.4, 0.5) is 0 Å². The first-order chi connectivity index (χ1) is 10.6. The van der Waals surface area contributed by atoms with E-state index < -0.39 is 5.97 Å². The van der Waals surface area contributed by atoms with Gasteiger partial charge < -0.3 is 14.4 Å². The average molecular weight is 299 g/mol. The Morgan fingerprint density at radius 3 is 2.32 bits per heavy atom. The second-order valence-corrected chi connectivity index (χ2v) is 5.52. The second-order valence-electron chi connectivity index (χ2n) is 5.52. The molecule has 114 valence electrons. The molecule has 22 heavy (non-hydrogen) atoms. The molecule has 2 aromatic rings. The number of carbonyl (C=O) groups is 2. The van der Waals surface area contributed by atoms with Gasteiger partial charge in [0.2, 0.25) is 0 Å². The van der Waals surface area contributed by atoms with Crippen molar-refractivity contribution in [2.75, 3.05) is 0 Å². The van der Waals surface area contributed by atoms with Crippen molar-refractivity contribution in [2.24, 2.45) is 0 Å². The highest BCUT2D eigenvalue weighted by Crippen LogP contribution is 2.35. The number of nitrogens with zero attached hydrogens (tertiary/aromatic N) is 1. The average Bonchev–Trinajstić information content (AvgIpc) is 3.19. The molecule has 5 heteroatoms. The van der Waals surface area contributed by atoms with E-state index in [4.69, 9.17) is 9.52 Å². The van der Waals surface area contributed by atoms with E-state index in [2.05, 4.69) is 0 Å². The number of carboxylic acids is 1. The van der Waals surface area contributed by atoms with Crippen LogP contribution in [-0.4, -0.2) is 27.9 Å². The molecule has 5 nitrogen and oxygen atoms in total. The lowest BCUT2D eigenvalue weighted by Gasteiger charge is -2.28. The number of furan rings is 1. The Kier molecular flexibility index (Phi) is 3.71. The standard InChI is InChI=1S/C17H17NO4/c1-11(15-3-2-10-22-15)18(14-8-9-14)16(19)12-4-6-13(7-5-12)17(20)21/h2-7,10-11,14H,8-9H2,1H3,(H,20,21). The van der Waals surface area contributed by atoms with Crippen LogP contribution in [0.15, 0.2) is 47.1 Å². The van der Waals surface area contributed by atoms with Crippen molar-refractivity contribution < 1.29 is 19.1 Å². The second kappa shape index (κ2) is 5.67. The van der Waals surface area contributed by atoms with Crippen molar-refractivity contribution in [3.63, 3.8) is 0 Å². The number of benzene rings is 1. The summed E-state index contributed by atoms with van der Waals surface area (Å²) in [5.41, 5.74) is 0.670. The number of hydrogen-bond acceptors (Lipinski definition) is 3. The Labute approximate surface area is 128 Å². The maximum absolute atomic E-state index is 12.8. The molecule has 1 aliphatic rings. The molecule has 1 fully saturated rings. The molecular weight excluding hydrogens is 282 g/mol. The lowest BCUT2D eigenvalue weighted by atomic mass is 10.1. The minimum Gasteiger partial charge on any atom is -0.478 e. The molecule has 1 aromatic carbocycles. The van der Waals surface area contributed by atoms with E-state index in [1.807, 2.05) is 24.0 Å². The summed E-state index contributed by atoms with van der Waals surface area (Å²) in [5.74, 6) is -0.340. The maximum Gasteiger partial charge on any atom is 0.335 e. The van der Waals surface area contributed by atoms with Crippen LogP contribution >= 0.6 is 0 Å². The van der Waals surface area contributed by atoms with Crippen molar-refractivity contribution >= 4 is 11.9 Å². The first kappa shape index (κ1) is 14.4. The zero-order valence-electron chi connectivity index (χ0n) is 12.2. The number of amides is 1. The molecule has 1 aromatic heterocycles. The SMILES string of the molecule is CC(c1ccco1)N(C(=O)c1ccc(C(=O)O)cc1)C1CC1. The topological polar surface area (TPSA) is 70.8 Å². The minimum absolute atomic E-state index is 0.0941. The molecule has 1 unspecified atom stereocenters. The van der Waals surface area contributed by atoms with E-state index in [0.717, 1.165) is 18.6 Å². The van der Waals surface area contributed by atoms with Crippen LogP contribution in [0.3, 0.4) is 0 Å². The molecule has 0 spiro atoms. The quantitative estimate of drug-likeness (QED) is 0.919. The van der Waals surface area contributed by atoms with Gasteiger partial charge in [-0.05, 0) is 56.2 Å². The highest BCUT2D eigenvalue weighted by molar-refractivity contribution is 5.96. The van der Waals surface area contributed by atoms with E-state index in [1.165, 1.54) is 12.1 Å². The predicted octanol–water partition coefficient (Wildman–Crippen LogP) is 3.34. The van der Waals surface area contributed by atoms with Gasteiger partial charge in [0, 0.05) is 11.6 Å². The van der Waals surface area contributed by atoms with Gasteiger partial charge in [0.25, 0.3) is 5.91 Å².